The van der Waals surface area contributed by atoms with Crippen molar-refractivity contribution in [3.05, 3.63) is 34.9 Å². The second-order valence-electron chi connectivity index (χ2n) is 5.65. The van der Waals surface area contributed by atoms with E-state index in [4.69, 9.17) is 0 Å². The monoisotopic (exact) mass is 233 g/mol. The van der Waals surface area contributed by atoms with Crippen molar-refractivity contribution in [1.29, 1.82) is 0 Å². The van der Waals surface area contributed by atoms with Gasteiger partial charge < -0.3 is 5.32 Å². The lowest BCUT2D eigenvalue weighted by Gasteiger charge is -2.22. The first-order valence-corrected chi connectivity index (χ1v) is 6.06. The number of hydrogen-bond donors (Lipinski definition) is 1. The average Bonchev–Trinajstić information content (AvgIpc) is 2.19. The van der Waals surface area contributed by atoms with E-state index in [9.17, 15) is 4.79 Å². The molecule has 0 heterocycles. The number of Topliss-reactive ketones (excluding diaryl/α,β-unsaturated/α-hetero) is 1. The summed E-state index contributed by atoms with van der Waals surface area (Å²) in [7, 11) is 1.82. The molecule has 0 amide bonds. The summed E-state index contributed by atoms with van der Waals surface area (Å²) in [6.45, 7) is 10.3. The molecular weight excluding hydrogens is 210 g/mol. The van der Waals surface area contributed by atoms with Gasteiger partial charge in [0.15, 0.2) is 5.78 Å². The maximum atomic E-state index is 11.5. The van der Waals surface area contributed by atoms with Gasteiger partial charge in [-0.1, -0.05) is 39.0 Å². The SMILES string of the molecule is CNC(C(C)=O)c1ccc(C(C)(C)C)cc1C. The lowest BCUT2D eigenvalue weighted by Crippen LogP contribution is -2.24. The van der Waals surface area contributed by atoms with Gasteiger partial charge in [-0.2, -0.15) is 0 Å². The van der Waals surface area contributed by atoms with Crippen molar-refractivity contribution in [3.63, 3.8) is 0 Å². The Morgan fingerprint density at radius 2 is 1.88 bits per heavy atom. The van der Waals surface area contributed by atoms with Crippen LogP contribution in [-0.4, -0.2) is 12.8 Å². The van der Waals surface area contributed by atoms with Crippen LogP contribution in [0.3, 0.4) is 0 Å². The first kappa shape index (κ1) is 13.9. The zero-order valence-corrected chi connectivity index (χ0v) is 11.7. The van der Waals surface area contributed by atoms with E-state index in [0.29, 0.717) is 0 Å². The molecule has 0 saturated carbocycles. The summed E-state index contributed by atoms with van der Waals surface area (Å²) in [6, 6.07) is 6.18. The largest absolute Gasteiger partial charge is 0.307 e. The van der Waals surface area contributed by atoms with Crippen LogP contribution in [0.25, 0.3) is 0 Å². The predicted octanol–water partition coefficient (Wildman–Crippen LogP) is 3.14. The highest BCUT2D eigenvalue weighted by Gasteiger charge is 2.19. The van der Waals surface area contributed by atoms with Gasteiger partial charge in [-0.05, 0) is 43.0 Å². The van der Waals surface area contributed by atoms with Gasteiger partial charge in [-0.25, -0.2) is 0 Å². The summed E-state index contributed by atoms with van der Waals surface area (Å²) in [6.07, 6.45) is 0. The van der Waals surface area contributed by atoms with Crippen molar-refractivity contribution in [2.45, 2.75) is 46.1 Å². The Hall–Kier alpha value is -1.15. The number of nitrogens with one attached hydrogen (secondary N) is 1. The Labute approximate surface area is 104 Å². The quantitative estimate of drug-likeness (QED) is 0.869. The molecule has 17 heavy (non-hydrogen) atoms. The number of ketones is 1. The summed E-state index contributed by atoms with van der Waals surface area (Å²) in [5.74, 6) is 0.152. The van der Waals surface area contributed by atoms with Crippen LogP contribution < -0.4 is 5.32 Å². The maximum Gasteiger partial charge on any atom is 0.151 e. The van der Waals surface area contributed by atoms with Crippen LogP contribution >= 0.6 is 0 Å². The van der Waals surface area contributed by atoms with Gasteiger partial charge in [0.25, 0.3) is 0 Å². The summed E-state index contributed by atoms with van der Waals surface area (Å²) < 4.78 is 0. The van der Waals surface area contributed by atoms with Gasteiger partial charge in [0.05, 0.1) is 6.04 Å². The zero-order chi connectivity index (χ0) is 13.2. The highest BCUT2D eigenvalue weighted by Crippen LogP contribution is 2.27. The van der Waals surface area contributed by atoms with E-state index in [1.807, 2.05) is 7.05 Å². The van der Waals surface area contributed by atoms with Crippen LogP contribution in [0, 0.1) is 6.92 Å². The Balaban J connectivity index is 3.18. The minimum Gasteiger partial charge on any atom is -0.307 e. The van der Waals surface area contributed by atoms with Gasteiger partial charge in [0.2, 0.25) is 0 Å². The lowest BCUT2D eigenvalue weighted by molar-refractivity contribution is -0.119. The van der Waals surface area contributed by atoms with Crippen molar-refractivity contribution >= 4 is 5.78 Å². The summed E-state index contributed by atoms with van der Waals surface area (Å²) in [5, 5.41) is 3.07. The Morgan fingerprint density at radius 3 is 2.24 bits per heavy atom. The van der Waals surface area contributed by atoms with Crippen LogP contribution in [0.1, 0.15) is 50.4 Å². The molecule has 94 valence electrons. The van der Waals surface area contributed by atoms with E-state index in [-0.39, 0.29) is 17.2 Å². The second-order valence-corrected chi connectivity index (χ2v) is 5.65. The molecule has 1 aromatic rings. The summed E-state index contributed by atoms with van der Waals surface area (Å²) in [4.78, 5) is 11.5. The van der Waals surface area contributed by atoms with Crippen LogP contribution in [0.4, 0.5) is 0 Å². The van der Waals surface area contributed by atoms with Crippen LogP contribution in [0.2, 0.25) is 0 Å². The first-order chi connectivity index (χ1) is 7.77. The van der Waals surface area contributed by atoms with Crippen LogP contribution in [0.15, 0.2) is 18.2 Å². The molecule has 0 bridgehead atoms. The molecule has 0 fully saturated rings. The molecule has 2 nitrogen and oxygen atoms in total. The minimum absolute atomic E-state index is 0.147. The fourth-order valence-corrected chi connectivity index (χ4v) is 2.04. The molecule has 0 aromatic heterocycles. The standard InChI is InChI=1S/C15H23NO/c1-10-9-12(15(3,4)5)7-8-13(10)14(16-6)11(2)17/h7-9,14,16H,1-6H3. The lowest BCUT2D eigenvalue weighted by atomic mass is 9.84. The zero-order valence-electron chi connectivity index (χ0n) is 11.7. The first-order valence-electron chi connectivity index (χ1n) is 6.06. The maximum absolute atomic E-state index is 11.5. The van der Waals surface area contributed by atoms with Crippen molar-refractivity contribution in [3.8, 4) is 0 Å². The molecule has 0 aliphatic heterocycles. The Kier molecular flexibility index (Phi) is 4.10. The molecule has 0 radical (unpaired) electrons. The third-order valence-corrected chi connectivity index (χ3v) is 3.14. The topological polar surface area (TPSA) is 29.1 Å². The van der Waals surface area contributed by atoms with Gasteiger partial charge >= 0.3 is 0 Å². The Bertz CT molecular complexity index is 415. The minimum atomic E-state index is -0.191. The molecule has 1 aromatic carbocycles. The fraction of sp³-hybridized carbons (Fsp3) is 0.533. The molecule has 0 spiro atoms. The highest BCUT2D eigenvalue weighted by molar-refractivity contribution is 5.83. The number of aryl methyl sites for hydroxylation is 1. The molecule has 1 rings (SSSR count). The summed E-state index contributed by atoms with van der Waals surface area (Å²) >= 11 is 0. The van der Waals surface area contributed by atoms with E-state index < -0.39 is 0 Å². The number of benzene rings is 1. The van der Waals surface area contributed by atoms with E-state index in [0.717, 1.165) is 5.56 Å². The molecule has 0 aliphatic carbocycles. The fourth-order valence-electron chi connectivity index (χ4n) is 2.04. The average molecular weight is 233 g/mol. The number of carbonyl (C=O) groups is 1. The molecular formula is C15H23NO. The summed E-state index contributed by atoms with van der Waals surface area (Å²) in [5.41, 5.74) is 3.70. The molecule has 1 atom stereocenters. The van der Waals surface area contributed by atoms with Gasteiger partial charge in [-0.15, -0.1) is 0 Å². The normalized spacial score (nSPS) is 13.5. The number of likely N-dealkylation sites (N-methyl/N-ethyl adjacent to an activating group) is 1. The molecule has 0 saturated heterocycles. The van der Waals surface area contributed by atoms with E-state index >= 15 is 0 Å². The number of carbonyl (C=O) groups excluding carboxylic acids is 1. The predicted molar refractivity (Wildman–Crippen MR) is 72.4 cm³/mol. The molecule has 2 heteroatoms. The highest BCUT2D eigenvalue weighted by atomic mass is 16.1. The van der Waals surface area contributed by atoms with Crippen molar-refractivity contribution < 1.29 is 4.79 Å². The van der Waals surface area contributed by atoms with Crippen LogP contribution in [-0.2, 0) is 10.2 Å². The van der Waals surface area contributed by atoms with E-state index in [1.165, 1.54) is 11.1 Å². The van der Waals surface area contributed by atoms with Gasteiger partial charge in [0.1, 0.15) is 0 Å². The third kappa shape index (κ3) is 3.16. The Morgan fingerprint density at radius 1 is 1.29 bits per heavy atom. The van der Waals surface area contributed by atoms with Crippen molar-refractivity contribution in [1.82, 2.24) is 5.32 Å². The van der Waals surface area contributed by atoms with Crippen molar-refractivity contribution in [2.24, 2.45) is 0 Å². The molecule has 0 aliphatic rings. The molecule has 1 N–H and O–H groups in total. The van der Waals surface area contributed by atoms with Gasteiger partial charge in [-0.3, -0.25) is 4.79 Å². The third-order valence-electron chi connectivity index (χ3n) is 3.14. The van der Waals surface area contributed by atoms with E-state index in [2.05, 4.69) is 51.2 Å². The second kappa shape index (κ2) is 5.01. The van der Waals surface area contributed by atoms with Crippen molar-refractivity contribution in [2.75, 3.05) is 7.05 Å². The van der Waals surface area contributed by atoms with Crippen LogP contribution in [0.5, 0.6) is 0 Å². The van der Waals surface area contributed by atoms with E-state index in [1.54, 1.807) is 6.92 Å². The smallest absolute Gasteiger partial charge is 0.151 e. The number of rotatable bonds is 3. The van der Waals surface area contributed by atoms with Gasteiger partial charge in [0, 0.05) is 0 Å². The number of hydrogen-bond acceptors (Lipinski definition) is 2. The molecule has 1 unspecified atom stereocenters.